The van der Waals surface area contributed by atoms with Crippen molar-refractivity contribution in [2.24, 2.45) is 5.41 Å². The van der Waals surface area contributed by atoms with Crippen LogP contribution >= 0.6 is 11.6 Å². The number of rotatable bonds is 5. The fourth-order valence-corrected chi connectivity index (χ4v) is 3.76. The molecule has 0 aromatic heterocycles. The predicted octanol–water partition coefficient (Wildman–Crippen LogP) is 5.86. The molecule has 0 N–H and O–H groups in total. The Hall–Kier alpha value is -1.77. The van der Waals surface area contributed by atoms with Gasteiger partial charge in [0.05, 0.1) is 0 Å². The molecule has 2 aromatic rings. The molecule has 0 amide bonds. The van der Waals surface area contributed by atoms with Gasteiger partial charge in [0.1, 0.15) is 12.4 Å². The van der Waals surface area contributed by atoms with Crippen molar-refractivity contribution in [3.8, 4) is 5.75 Å². The maximum Gasteiger partial charge on any atom is 0.119 e. The monoisotopic (exact) mass is 369 g/mol. The van der Waals surface area contributed by atoms with Crippen LogP contribution in [0.5, 0.6) is 5.75 Å². The maximum absolute atomic E-state index is 6.09. The van der Waals surface area contributed by atoms with E-state index < -0.39 is 0 Å². The molecule has 2 aromatic carbocycles. The van der Waals surface area contributed by atoms with Crippen molar-refractivity contribution in [3.63, 3.8) is 0 Å². The van der Waals surface area contributed by atoms with Crippen LogP contribution in [0.4, 0.5) is 0 Å². The summed E-state index contributed by atoms with van der Waals surface area (Å²) in [4.78, 5) is 2.12. The lowest BCUT2D eigenvalue weighted by atomic mass is 9.65. The van der Waals surface area contributed by atoms with Gasteiger partial charge in [0.15, 0.2) is 0 Å². The third-order valence-electron chi connectivity index (χ3n) is 5.34. The van der Waals surface area contributed by atoms with E-state index in [-0.39, 0.29) is 5.41 Å². The summed E-state index contributed by atoms with van der Waals surface area (Å²) >= 11 is 6.09. The number of ether oxygens (including phenoxy) is 1. The van der Waals surface area contributed by atoms with E-state index in [1.54, 1.807) is 0 Å². The zero-order chi connectivity index (χ0) is 18.9. The molecule has 2 nitrogen and oxygen atoms in total. The maximum atomic E-state index is 6.09. The van der Waals surface area contributed by atoms with Crippen LogP contribution in [-0.4, -0.2) is 32.1 Å². The molecule has 0 saturated carbocycles. The topological polar surface area (TPSA) is 12.5 Å². The smallest absolute Gasteiger partial charge is 0.119 e. The third kappa shape index (κ3) is 3.97. The van der Waals surface area contributed by atoms with Crippen LogP contribution < -0.4 is 4.74 Å². The van der Waals surface area contributed by atoms with Crippen LogP contribution in [-0.2, 0) is 0 Å². The van der Waals surface area contributed by atoms with Crippen molar-refractivity contribution < 1.29 is 4.74 Å². The number of hydrogen-bond acceptors (Lipinski definition) is 2. The van der Waals surface area contributed by atoms with Crippen molar-refractivity contribution in [2.75, 3.05) is 27.2 Å². The Kier molecular flexibility index (Phi) is 5.45. The van der Waals surface area contributed by atoms with Gasteiger partial charge in [0.25, 0.3) is 0 Å². The quantitative estimate of drug-likeness (QED) is 0.654. The summed E-state index contributed by atoms with van der Waals surface area (Å²) in [6.45, 7) is 10.6. The first-order chi connectivity index (χ1) is 12.3. The highest BCUT2D eigenvalue weighted by Gasteiger charge is 2.36. The Balaban J connectivity index is 1.95. The Morgan fingerprint density at radius 2 is 1.85 bits per heavy atom. The molecule has 138 valence electrons. The minimum absolute atomic E-state index is 0.0412. The first-order valence-corrected chi connectivity index (χ1v) is 9.52. The van der Waals surface area contributed by atoms with Crippen LogP contribution in [0.25, 0.3) is 5.57 Å². The Bertz CT molecular complexity index is 792. The van der Waals surface area contributed by atoms with Crippen LogP contribution in [0.3, 0.4) is 0 Å². The fourth-order valence-electron chi connectivity index (χ4n) is 3.64. The summed E-state index contributed by atoms with van der Waals surface area (Å²) in [5.41, 5.74) is 5.09. The zero-order valence-corrected chi connectivity index (χ0v) is 16.9. The van der Waals surface area contributed by atoms with Gasteiger partial charge in [-0.2, -0.15) is 0 Å². The number of benzene rings is 2. The van der Waals surface area contributed by atoms with E-state index in [1.807, 2.05) is 12.1 Å². The summed E-state index contributed by atoms with van der Waals surface area (Å²) in [5.74, 6) is 1.26. The largest absolute Gasteiger partial charge is 0.492 e. The van der Waals surface area contributed by atoms with E-state index in [1.165, 1.54) is 22.3 Å². The molecule has 3 heteroatoms. The number of likely N-dealkylation sites (N-methyl/N-ethyl adjacent to an activating group) is 1. The molecular weight excluding hydrogens is 342 g/mol. The van der Waals surface area contributed by atoms with E-state index in [4.69, 9.17) is 16.3 Å². The molecule has 0 spiro atoms. The van der Waals surface area contributed by atoms with Gasteiger partial charge < -0.3 is 9.64 Å². The number of allylic oxidation sites excluding steroid dienone is 1. The van der Waals surface area contributed by atoms with Crippen LogP contribution in [0.15, 0.2) is 49.0 Å². The van der Waals surface area contributed by atoms with Crippen molar-refractivity contribution in [3.05, 3.63) is 70.8 Å². The normalized spacial score (nSPS) is 18.7. The highest BCUT2D eigenvalue weighted by atomic mass is 35.5. The molecule has 1 atom stereocenters. The summed E-state index contributed by atoms with van der Waals surface area (Å²) in [6.07, 6.45) is 1.04. The molecule has 0 heterocycles. The van der Waals surface area contributed by atoms with Gasteiger partial charge in [0.2, 0.25) is 0 Å². The minimum atomic E-state index is 0.0412. The third-order valence-corrected chi connectivity index (χ3v) is 5.59. The van der Waals surface area contributed by atoms with Gasteiger partial charge >= 0.3 is 0 Å². The van der Waals surface area contributed by atoms with Gasteiger partial charge in [-0.1, -0.05) is 50.2 Å². The van der Waals surface area contributed by atoms with Crippen LogP contribution in [0.2, 0.25) is 5.02 Å². The van der Waals surface area contributed by atoms with E-state index in [9.17, 15) is 0 Å². The standard InChI is InChI=1S/C23H28ClNO/c1-16-21-14-19(26-13-12-25(4)5)10-11-20(21)22(15-23(16,2)3)17-6-8-18(24)9-7-17/h6-11,14,22H,1,12-13,15H2,2-5H3. The van der Waals surface area contributed by atoms with Gasteiger partial charge in [-0.15, -0.1) is 0 Å². The Morgan fingerprint density at radius 3 is 2.50 bits per heavy atom. The Labute approximate surface area is 162 Å². The first kappa shape index (κ1) is 19.0. The van der Waals surface area contributed by atoms with Crippen LogP contribution in [0, 0.1) is 5.41 Å². The molecule has 1 unspecified atom stereocenters. The number of hydrogen-bond donors (Lipinski definition) is 0. The molecule has 3 rings (SSSR count). The summed E-state index contributed by atoms with van der Waals surface area (Å²) < 4.78 is 5.96. The van der Waals surface area contributed by atoms with E-state index in [0.717, 1.165) is 23.7 Å². The van der Waals surface area contributed by atoms with E-state index in [2.05, 4.69) is 69.8 Å². The van der Waals surface area contributed by atoms with Gasteiger partial charge in [-0.25, -0.2) is 0 Å². The van der Waals surface area contributed by atoms with Crippen LogP contribution in [0.1, 0.15) is 42.9 Å². The number of fused-ring (bicyclic) bond motifs is 1. The minimum Gasteiger partial charge on any atom is -0.492 e. The summed E-state index contributed by atoms with van der Waals surface area (Å²) in [7, 11) is 4.11. The predicted molar refractivity (Wildman–Crippen MR) is 111 cm³/mol. The van der Waals surface area contributed by atoms with E-state index >= 15 is 0 Å². The average Bonchev–Trinajstić information content (AvgIpc) is 2.59. The first-order valence-electron chi connectivity index (χ1n) is 9.14. The zero-order valence-electron chi connectivity index (χ0n) is 16.2. The molecule has 0 aliphatic heterocycles. The molecule has 26 heavy (non-hydrogen) atoms. The van der Waals surface area contributed by atoms with E-state index in [0.29, 0.717) is 12.5 Å². The second-order valence-electron chi connectivity index (χ2n) is 8.07. The molecular formula is C23H28ClNO. The molecule has 0 bridgehead atoms. The second kappa shape index (κ2) is 7.46. The lowest BCUT2D eigenvalue weighted by Crippen LogP contribution is -2.25. The SMILES string of the molecule is C=C1c2cc(OCCN(C)C)ccc2C(c2ccc(Cl)cc2)CC1(C)C. The highest BCUT2D eigenvalue weighted by Crippen LogP contribution is 2.51. The van der Waals surface area contributed by atoms with Crippen molar-refractivity contribution in [1.29, 1.82) is 0 Å². The average molecular weight is 370 g/mol. The fraction of sp³-hybridized carbons (Fsp3) is 0.391. The second-order valence-corrected chi connectivity index (χ2v) is 8.51. The highest BCUT2D eigenvalue weighted by molar-refractivity contribution is 6.30. The van der Waals surface area contributed by atoms with Crippen molar-refractivity contribution in [2.45, 2.75) is 26.2 Å². The van der Waals surface area contributed by atoms with Gasteiger partial charge in [-0.3, -0.25) is 0 Å². The van der Waals surface area contributed by atoms with Crippen molar-refractivity contribution in [1.82, 2.24) is 4.90 Å². The number of nitrogens with zero attached hydrogens (tertiary/aromatic N) is 1. The van der Waals surface area contributed by atoms with Gasteiger partial charge in [0, 0.05) is 17.5 Å². The summed E-state index contributed by atoms with van der Waals surface area (Å²) in [5, 5.41) is 0.776. The molecule has 0 saturated heterocycles. The molecule has 1 aliphatic rings. The Morgan fingerprint density at radius 1 is 1.15 bits per heavy atom. The molecule has 0 fully saturated rings. The lowest BCUT2D eigenvalue weighted by Gasteiger charge is -2.39. The van der Waals surface area contributed by atoms with Gasteiger partial charge in [-0.05, 0) is 72.5 Å². The lowest BCUT2D eigenvalue weighted by molar-refractivity contribution is 0.261. The molecule has 0 radical (unpaired) electrons. The molecule has 1 aliphatic carbocycles. The summed E-state index contributed by atoms with van der Waals surface area (Å²) in [6, 6.07) is 14.7. The number of halogens is 1. The van der Waals surface area contributed by atoms with Crippen molar-refractivity contribution >= 4 is 17.2 Å².